The van der Waals surface area contributed by atoms with E-state index in [-0.39, 0.29) is 79.8 Å². The second-order valence-electron chi connectivity index (χ2n) is 13.3. The third-order valence-electron chi connectivity index (χ3n) is 8.77. The van der Waals surface area contributed by atoms with E-state index in [0.717, 1.165) is 25.0 Å². The molecular formula is C41H46F2N6O15. The number of unbranched alkanes of at least 4 members (excludes halogenated alkanes) is 2. The number of benzene rings is 2. The van der Waals surface area contributed by atoms with Gasteiger partial charge < -0.3 is 45.1 Å². The molecule has 64 heavy (non-hydrogen) atoms. The molecule has 4 aromatic rings. The molecule has 0 aliphatic heterocycles. The summed E-state index contributed by atoms with van der Waals surface area (Å²) in [6.45, 7) is 3.25. The normalized spacial score (nSPS) is 10.9. The van der Waals surface area contributed by atoms with E-state index in [0.29, 0.717) is 40.9 Å². The number of aromatic carboxylic acids is 2. The Morgan fingerprint density at radius 3 is 1.98 bits per heavy atom. The van der Waals surface area contributed by atoms with Crippen molar-refractivity contribution in [3.63, 3.8) is 0 Å². The molecule has 1 atom stereocenters. The van der Waals surface area contributed by atoms with Crippen LogP contribution in [0.2, 0.25) is 0 Å². The highest BCUT2D eigenvalue weighted by atomic mass is 19.1. The van der Waals surface area contributed by atoms with E-state index in [9.17, 15) is 57.5 Å². The fourth-order valence-corrected chi connectivity index (χ4v) is 5.60. The zero-order chi connectivity index (χ0) is 47.3. The molecule has 23 heteroatoms. The molecule has 21 nitrogen and oxygen atoms in total. The first-order valence-corrected chi connectivity index (χ1v) is 19.4. The van der Waals surface area contributed by atoms with Gasteiger partial charge in [-0.1, -0.05) is 26.2 Å². The SMILES string of the molecule is CCCCCC(CN(O)C=O)C(=O)NCNC(=O)c1ccc(-c2ccc(F)c(C(=O)O)c2F)o1.CCOc1cc(C(=O)O)cc(-c2ccc(C(=O)NCNC(=O)CCN(O)C=O)o2)c1. The number of nitrogens with zero attached hydrogens (tertiary/aromatic N) is 2. The minimum atomic E-state index is -1.79. The molecular weight excluding hydrogens is 854 g/mol. The summed E-state index contributed by atoms with van der Waals surface area (Å²) in [6.07, 6.45) is 3.17. The highest BCUT2D eigenvalue weighted by Gasteiger charge is 2.24. The van der Waals surface area contributed by atoms with Crippen LogP contribution in [-0.2, 0) is 19.2 Å². The molecule has 0 radical (unpaired) electrons. The van der Waals surface area contributed by atoms with Gasteiger partial charge in [0.1, 0.15) is 28.7 Å². The number of rotatable bonds is 24. The maximum atomic E-state index is 14.4. The van der Waals surface area contributed by atoms with Crippen molar-refractivity contribution in [2.24, 2.45) is 5.92 Å². The first kappa shape index (κ1) is 50.7. The van der Waals surface area contributed by atoms with Gasteiger partial charge in [-0.15, -0.1) is 0 Å². The lowest BCUT2D eigenvalue weighted by molar-refractivity contribution is -0.154. The number of carbonyl (C=O) groups excluding carboxylic acids is 6. The number of nitrogens with one attached hydrogen (secondary N) is 4. The fourth-order valence-electron chi connectivity index (χ4n) is 5.60. The lowest BCUT2D eigenvalue weighted by atomic mass is 10.0. The molecule has 0 aliphatic carbocycles. The zero-order valence-corrected chi connectivity index (χ0v) is 34.4. The third-order valence-corrected chi connectivity index (χ3v) is 8.77. The minimum absolute atomic E-state index is 0.0112. The summed E-state index contributed by atoms with van der Waals surface area (Å²) >= 11 is 0. The van der Waals surface area contributed by atoms with Crippen LogP contribution in [-0.4, -0.2) is 112 Å². The van der Waals surface area contributed by atoms with Crippen LogP contribution in [0.4, 0.5) is 8.78 Å². The van der Waals surface area contributed by atoms with E-state index in [1.54, 1.807) is 13.0 Å². The molecule has 2 aromatic carbocycles. The summed E-state index contributed by atoms with van der Waals surface area (Å²) in [5, 5.41) is 46.9. The maximum absolute atomic E-state index is 14.4. The fraction of sp³-hybridized carbons (Fsp3) is 0.317. The number of carboxylic acids is 2. The van der Waals surface area contributed by atoms with Crippen molar-refractivity contribution in [3.8, 4) is 28.4 Å². The average molecular weight is 901 g/mol. The predicted molar refractivity (Wildman–Crippen MR) is 216 cm³/mol. The highest BCUT2D eigenvalue weighted by Crippen LogP contribution is 2.30. The number of furan rings is 2. The van der Waals surface area contributed by atoms with Crippen LogP contribution in [0.3, 0.4) is 0 Å². The van der Waals surface area contributed by atoms with Gasteiger partial charge in [0.15, 0.2) is 17.3 Å². The lowest BCUT2D eigenvalue weighted by Crippen LogP contribution is -2.42. The number of ether oxygens (including phenoxy) is 1. The first-order chi connectivity index (χ1) is 30.5. The van der Waals surface area contributed by atoms with Crippen molar-refractivity contribution < 1.29 is 81.3 Å². The standard InChI is InChI=1S/C22H25F2N3O7.C19H21N3O8/c1-2-3-4-5-13(10-27(33)12-28)20(29)25-11-26-21(30)17-9-8-16(34-17)14-6-7-15(23)18(19(14)24)22(31)32;1-2-29-14-8-12(7-13(9-14)19(26)27)15-3-4-16(30-15)18(25)21-10-20-17(24)5-6-22(28)11-23/h6-9,12-13,33H,2-5,10-11H2,1H3,(H,25,29)(H,26,30)(H,31,32);3-4,7-9,11,28H,2,5-6,10H2,1H3,(H,20,24)(H,21,25)(H,26,27). The number of halogens is 2. The van der Waals surface area contributed by atoms with Crippen molar-refractivity contribution >= 4 is 48.4 Å². The van der Waals surface area contributed by atoms with E-state index in [2.05, 4.69) is 21.3 Å². The van der Waals surface area contributed by atoms with Gasteiger partial charge in [-0.2, -0.15) is 0 Å². The van der Waals surface area contributed by atoms with Crippen molar-refractivity contribution in [1.82, 2.24) is 31.4 Å². The Hall–Kier alpha value is -7.66. The summed E-state index contributed by atoms with van der Waals surface area (Å²) < 4.78 is 44.1. The van der Waals surface area contributed by atoms with E-state index in [4.69, 9.17) is 23.9 Å². The Labute approximate surface area is 362 Å². The Bertz CT molecular complexity index is 2280. The summed E-state index contributed by atoms with van der Waals surface area (Å²) in [5.41, 5.74) is -1.05. The smallest absolute Gasteiger partial charge is 0.341 e. The summed E-state index contributed by atoms with van der Waals surface area (Å²) in [7, 11) is 0. The van der Waals surface area contributed by atoms with Crippen LogP contribution in [0.15, 0.2) is 63.4 Å². The van der Waals surface area contributed by atoms with Crippen molar-refractivity contribution in [2.75, 3.05) is 33.0 Å². The second-order valence-corrected chi connectivity index (χ2v) is 13.3. The maximum Gasteiger partial charge on any atom is 0.341 e. The number of hydroxylamine groups is 4. The molecule has 6 amide bonds. The molecule has 0 bridgehead atoms. The van der Waals surface area contributed by atoms with Crippen molar-refractivity contribution in [1.29, 1.82) is 0 Å². The van der Waals surface area contributed by atoms with Crippen molar-refractivity contribution in [2.45, 2.75) is 46.0 Å². The number of carbonyl (C=O) groups is 8. The average Bonchev–Trinajstić information content (AvgIpc) is 3.97. The topological polar surface area (TPSA) is 308 Å². The minimum Gasteiger partial charge on any atom is -0.494 e. The van der Waals surface area contributed by atoms with E-state index in [1.165, 1.54) is 36.4 Å². The Morgan fingerprint density at radius 2 is 1.39 bits per heavy atom. The summed E-state index contributed by atoms with van der Waals surface area (Å²) in [5.74, 6) is -8.38. The van der Waals surface area contributed by atoms with Gasteiger partial charge in [-0.25, -0.2) is 28.5 Å². The van der Waals surface area contributed by atoms with Crippen LogP contribution in [0.25, 0.3) is 22.6 Å². The van der Waals surface area contributed by atoms with Gasteiger partial charge in [0.25, 0.3) is 11.8 Å². The largest absolute Gasteiger partial charge is 0.494 e. The number of amides is 6. The van der Waals surface area contributed by atoms with Crippen LogP contribution < -0.4 is 26.0 Å². The Kier molecular flexibility index (Phi) is 20.1. The summed E-state index contributed by atoms with van der Waals surface area (Å²) in [4.78, 5) is 91.6. The lowest BCUT2D eigenvalue weighted by Gasteiger charge is -2.19. The van der Waals surface area contributed by atoms with E-state index < -0.39 is 58.7 Å². The third kappa shape index (κ3) is 15.4. The molecule has 4 rings (SSSR count). The molecule has 8 N–H and O–H groups in total. The number of carboxylic acid groups (broad SMARTS) is 2. The molecule has 0 aliphatic rings. The van der Waals surface area contributed by atoms with Crippen LogP contribution >= 0.6 is 0 Å². The quantitative estimate of drug-likeness (QED) is 0.0163. The van der Waals surface area contributed by atoms with Crippen LogP contribution in [0, 0.1) is 17.6 Å². The van der Waals surface area contributed by atoms with Gasteiger partial charge in [-0.3, -0.25) is 39.2 Å². The monoisotopic (exact) mass is 900 g/mol. The summed E-state index contributed by atoms with van der Waals surface area (Å²) in [6, 6.07) is 11.5. The van der Waals surface area contributed by atoms with Crippen molar-refractivity contribution in [3.05, 3.63) is 88.9 Å². The molecule has 0 saturated carbocycles. The van der Waals surface area contributed by atoms with Gasteiger partial charge >= 0.3 is 11.9 Å². The number of hydrogen-bond acceptors (Lipinski definition) is 13. The van der Waals surface area contributed by atoms with Gasteiger partial charge in [0.2, 0.25) is 24.6 Å². The van der Waals surface area contributed by atoms with E-state index in [1.807, 2.05) is 6.92 Å². The Balaban J connectivity index is 0.000000343. The molecule has 0 spiro atoms. The van der Waals surface area contributed by atoms with Gasteiger partial charge in [0.05, 0.1) is 50.1 Å². The predicted octanol–water partition coefficient (Wildman–Crippen LogP) is 3.86. The molecule has 344 valence electrons. The zero-order valence-electron chi connectivity index (χ0n) is 34.4. The highest BCUT2D eigenvalue weighted by molar-refractivity contribution is 5.94. The molecule has 0 saturated heterocycles. The molecule has 2 aromatic heterocycles. The van der Waals surface area contributed by atoms with E-state index >= 15 is 0 Å². The first-order valence-electron chi connectivity index (χ1n) is 19.4. The molecule has 1 unspecified atom stereocenters. The van der Waals surface area contributed by atoms with Crippen LogP contribution in [0.5, 0.6) is 5.75 Å². The molecule has 2 heterocycles. The Morgan fingerprint density at radius 1 is 0.766 bits per heavy atom. The van der Waals surface area contributed by atoms with Gasteiger partial charge in [0, 0.05) is 12.0 Å². The second kappa shape index (κ2) is 25.3. The van der Waals surface area contributed by atoms with Gasteiger partial charge in [-0.05, 0) is 67.9 Å². The number of hydrogen-bond donors (Lipinski definition) is 8. The van der Waals surface area contributed by atoms with Crippen LogP contribution in [0.1, 0.15) is 87.8 Å². The molecule has 0 fully saturated rings.